The Labute approximate surface area is 146 Å². The molecule has 0 aliphatic heterocycles. The van der Waals surface area contributed by atoms with E-state index in [-0.39, 0.29) is 5.76 Å². The Bertz CT molecular complexity index is 928. The van der Waals surface area contributed by atoms with E-state index in [1.54, 1.807) is 38.5 Å². The summed E-state index contributed by atoms with van der Waals surface area (Å²) in [5.41, 5.74) is 0.790. The molecule has 0 unspecified atom stereocenters. The molecule has 0 spiro atoms. The second-order valence-electron chi connectivity index (χ2n) is 4.85. The van der Waals surface area contributed by atoms with E-state index in [1.807, 2.05) is 4.57 Å². The predicted octanol–water partition coefficient (Wildman–Crippen LogP) is 3.35. The highest BCUT2D eigenvalue weighted by molar-refractivity contribution is 7.17. The minimum absolute atomic E-state index is 0.184. The number of nitrogens with zero attached hydrogens (tertiary/aromatic N) is 2. The Balaban J connectivity index is 2.23. The van der Waals surface area contributed by atoms with E-state index in [9.17, 15) is 4.79 Å². The van der Waals surface area contributed by atoms with Crippen LogP contribution < -0.4 is 9.54 Å². The maximum atomic E-state index is 12.3. The van der Waals surface area contributed by atoms with E-state index < -0.39 is 5.91 Å². The van der Waals surface area contributed by atoms with Gasteiger partial charge in [-0.05, 0) is 24.3 Å². The lowest BCUT2D eigenvalue weighted by molar-refractivity contribution is 0.0971. The highest BCUT2D eigenvalue weighted by atomic mass is 35.5. The molecule has 3 aromatic rings. The fourth-order valence-electron chi connectivity index (χ4n) is 2.30. The maximum Gasteiger partial charge on any atom is 0.315 e. The summed E-state index contributed by atoms with van der Waals surface area (Å²) in [6.45, 7) is 0.973. The predicted molar refractivity (Wildman–Crippen MR) is 91.9 cm³/mol. The van der Waals surface area contributed by atoms with Crippen molar-refractivity contribution in [2.75, 3.05) is 20.8 Å². The van der Waals surface area contributed by atoms with E-state index in [1.165, 1.54) is 17.6 Å². The van der Waals surface area contributed by atoms with Gasteiger partial charge in [-0.1, -0.05) is 22.9 Å². The zero-order valence-electron chi connectivity index (χ0n) is 13.1. The molecule has 0 aliphatic carbocycles. The first-order valence-corrected chi connectivity index (χ1v) is 8.32. The molecule has 6 nitrogen and oxygen atoms in total. The van der Waals surface area contributed by atoms with E-state index in [0.717, 1.165) is 10.2 Å². The maximum absolute atomic E-state index is 12.3. The quantitative estimate of drug-likeness (QED) is 0.694. The number of rotatable bonds is 5. The molecule has 126 valence electrons. The zero-order valence-corrected chi connectivity index (χ0v) is 14.7. The average Bonchev–Trinajstić information content (AvgIpc) is 3.22. The van der Waals surface area contributed by atoms with Crippen LogP contribution in [0.1, 0.15) is 10.6 Å². The summed E-state index contributed by atoms with van der Waals surface area (Å²) < 4.78 is 18.4. The second-order valence-corrected chi connectivity index (χ2v) is 6.24. The molecule has 8 heteroatoms. The summed E-state index contributed by atoms with van der Waals surface area (Å²) in [6, 6.07) is 6.77. The van der Waals surface area contributed by atoms with Crippen molar-refractivity contribution >= 4 is 39.1 Å². The molecule has 0 aliphatic rings. The van der Waals surface area contributed by atoms with Gasteiger partial charge in [0.2, 0.25) is 0 Å². The minimum Gasteiger partial charge on any atom is -0.495 e. The van der Waals surface area contributed by atoms with Gasteiger partial charge in [0.05, 0.1) is 29.7 Å². The third kappa shape index (κ3) is 3.10. The van der Waals surface area contributed by atoms with Gasteiger partial charge in [-0.15, -0.1) is 0 Å². The monoisotopic (exact) mass is 366 g/mol. The number of carbonyl (C=O) groups is 1. The van der Waals surface area contributed by atoms with E-state index in [4.69, 9.17) is 25.5 Å². The number of benzene rings is 1. The third-order valence-electron chi connectivity index (χ3n) is 3.41. The zero-order chi connectivity index (χ0) is 17.1. The van der Waals surface area contributed by atoms with Crippen LogP contribution in [0.25, 0.3) is 10.2 Å². The largest absolute Gasteiger partial charge is 0.495 e. The van der Waals surface area contributed by atoms with Gasteiger partial charge in [0.15, 0.2) is 10.6 Å². The standard InChI is InChI=1S/C16H15ClN2O4S/c1-21-9-7-19-13-11(22-2)6-5-10(17)14(13)24-16(19)18-15(20)12-4-3-8-23-12/h3-6,8H,7,9H2,1-2H3. The normalized spacial score (nSPS) is 12.0. The molecule has 0 saturated carbocycles. The van der Waals surface area contributed by atoms with Crippen LogP contribution in [0.3, 0.4) is 0 Å². The summed E-state index contributed by atoms with van der Waals surface area (Å²) in [5, 5.41) is 0.578. The van der Waals surface area contributed by atoms with E-state index in [0.29, 0.717) is 28.7 Å². The Hall–Kier alpha value is -2.09. The molecule has 0 saturated heterocycles. The van der Waals surface area contributed by atoms with Gasteiger partial charge >= 0.3 is 5.91 Å². The molecule has 0 atom stereocenters. The molecule has 0 bridgehead atoms. The molecule has 2 heterocycles. The molecular formula is C16H15ClN2O4S. The van der Waals surface area contributed by atoms with Crippen molar-refractivity contribution in [2.45, 2.75) is 6.54 Å². The fourth-order valence-corrected chi connectivity index (χ4v) is 3.65. The number of furan rings is 1. The van der Waals surface area contributed by atoms with Crippen molar-refractivity contribution in [1.82, 2.24) is 4.57 Å². The molecule has 0 radical (unpaired) electrons. The number of ether oxygens (including phenoxy) is 2. The minimum atomic E-state index is -0.451. The molecule has 24 heavy (non-hydrogen) atoms. The summed E-state index contributed by atoms with van der Waals surface area (Å²) in [4.78, 5) is 17.0. The Morgan fingerprint density at radius 2 is 2.21 bits per heavy atom. The SMILES string of the molecule is COCCn1c(=NC(=O)c2ccco2)sc2c(Cl)ccc(OC)c21. The lowest BCUT2D eigenvalue weighted by Crippen LogP contribution is -2.19. The highest BCUT2D eigenvalue weighted by Crippen LogP contribution is 2.33. The van der Waals surface area contributed by atoms with Crippen molar-refractivity contribution < 1.29 is 18.7 Å². The molecule has 2 aromatic heterocycles. The van der Waals surface area contributed by atoms with Gasteiger partial charge in [-0.25, -0.2) is 0 Å². The lowest BCUT2D eigenvalue weighted by Gasteiger charge is -2.08. The second kappa shape index (κ2) is 7.21. The molecule has 0 fully saturated rings. The van der Waals surface area contributed by atoms with Crippen LogP contribution in [0, 0.1) is 0 Å². The van der Waals surface area contributed by atoms with Crippen LogP contribution in [-0.4, -0.2) is 31.3 Å². The molecule has 3 rings (SSSR count). The van der Waals surface area contributed by atoms with Gasteiger partial charge < -0.3 is 18.5 Å². The number of thiazole rings is 1. The summed E-state index contributed by atoms with van der Waals surface area (Å²) in [6.07, 6.45) is 1.44. The first kappa shape index (κ1) is 16.8. The Kier molecular flexibility index (Phi) is 5.03. The number of carbonyl (C=O) groups excluding carboxylic acids is 1. The van der Waals surface area contributed by atoms with E-state index in [2.05, 4.69) is 4.99 Å². The van der Waals surface area contributed by atoms with Crippen LogP contribution in [0.15, 0.2) is 39.9 Å². The van der Waals surface area contributed by atoms with Crippen molar-refractivity contribution in [1.29, 1.82) is 0 Å². The van der Waals surface area contributed by atoms with Crippen LogP contribution in [0.4, 0.5) is 0 Å². The lowest BCUT2D eigenvalue weighted by atomic mass is 10.3. The fraction of sp³-hybridized carbons (Fsp3) is 0.250. The number of halogens is 1. The third-order valence-corrected chi connectivity index (χ3v) is 4.95. The number of methoxy groups -OCH3 is 2. The van der Waals surface area contributed by atoms with Crippen LogP contribution in [0.2, 0.25) is 5.02 Å². The van der Waals surface area contributed by atoms with Crippen molar-refractivity contribution in [2.24, 2.45) is 4.99 Å². The summed E-state index contributed by atoms with van der Waals surface area (Å²) >= 11 is 7.63. The smallest absolute Gasteiger partial charge is 0.315 e. The highest BCUT2D eigenvalue weighted by Gasteiger charge is 2.16. The van der Waals surface area contributed by atoms with Crippen molar-refractivity contribution in [3.63, 3.8) is 0 Å². The molecule has 1 aromatic carbocycles. The Morgan fingerprint density at radius 1 is 1.38 bits per heavy atom. The van der Waals surface area contributed by atoms with Crippen LogP contribution in [0.5, 0.6) is 5.75 Å². The van der Waals surface area contributed by atoms with Crippen molar-refractivity contribution in [3.8, 4) is 5.75 Å². The first-order chi connectivity index (χ1) is 11.7. The average molecular weight is 367 g/mol. The van der Waals surface area contributed by atoms with Crippen molar-refractivity contribution in [3.05, 3.63) is 46.1 Å². The Morgan fingerprint density at radius 3 is 2.88 bits per heavy atom. The number of aromatic nitrogens is 1. The number of amides is 1. The number of fused-ring (bicyclic) bond motifs is 1. The molecule has 0 N–H and O–H groups in total. The van der Waals surface area contributed by atoms with Gasteiger partial charge in [0, 0.05) is 13.7 Å². The molecular weight excluding hydrogens is 352 g/mol. The van der Waals surface area contributed by atoms with Crippen LogP contribution >= 0.6 is 22.9 Å². The summed E-state index contributed by atoms with van der Waals surface area (Å²) in [5.74, 6) is 0.394. The van der Waals surface area contributed by atoms with Gasteiger partial charge in [0.1, 0.15) is 11.3 Å². The summed E-state index contributed by atoms with van der Waals surface area (Å²) in [7, 11) is 3.20. The molecule has 1 amide bonds. The first-order valence-electron chi connectivity index (χ1n) is 7.13. The van der Waals surface area contributed by atoms with E-state index >= 15 is 0 Å². The van der Waals surface area contributed by atoms with Gasteiger partial charge in [-0.3, -0.25) is 4.79 Å². The number of hydrogen-bond acceptors (Lipinski definition) is 5. The topological polar surface area (TPSA) is 66.0 Å². The van der Waals surface area contributed by atoms with Gasteiger partial charge in [0.25, 0.3) is 0 Å². The number of hydrogen-bond donors (Lipinski definition) is 0. The van der Waals surface area contributed by atoms with Gasteiger partial charge in [-0.2, -0.15) is 4.99 Å². The van der Waals surface area contributed by atoms with Crippen LogP contribution in [-0.2, 0) is 11.3 Å².